The van der Waals surface area contributed by atoms with E-state index in [1.165, 1.54) is 11.3 Å². The average Bonchev–Trinajstić information content (AvgIpc) is 3.20. The van der Waals surface area contributed by atoms with Gasteiger partial charge < -0.3 is 9.64 Å². The summed E-state index contributed by atoms with van der Waals surface area (Å²) in [6.07, 6.45) is 2.67. The van der Waals surface area contributed by atoms with Gasteiger partial charge in [-0.2, -0.15) is 0 Å². The molecule has 0 radical (unpaired) electrons. The summed E-state index contributed by atoms with van der Waals surface area (Å²) in [7, 11) is 0. The molecule has 2 aliphatic rings. The van der Waals surface area contributed by atoms with Gasteiger partial charge in [0.1, 0.15) is 4.88 Å². The Morgan fingerprint density at radius 2 is 2.29 bits per heavy atom. The van der Waals surface area contributed by atoms with Gasteiger partial charge in [0.05, 0.1) is 41.3 Å². The number of aromatic nitrogens is 4. The van der Waals surface area contributed by atoms with E-state index in [0.717, 1.165) is 27.7 Å². The first-order valence-corrected chi connectivity index (χ1v) is 9.13. The predicted octanol–water partition coefficient (Wildman–Crippen LogP) is 2.15. The van der Waals surface area contributed by atoms with Crippen molar-refractivity contribution < 1.29 is 9.53 Å². The number of carbonyl (C=O) groups excluding carboxylic acids is 1. The number of aryl methyl sites for hydroxylation is 1. The molecular weight excluding hydrogens is 326 g/mol. The fraction of sp³-hybridized carbons (Fsp3) is 0.625. The molecule has 128 valence electrons. The number of piperidine rings is 1. The van der Waals surface area contributed by atoms with Crippen molar-refractivity contribution >= 4 is 17.2 Å². The Labute approximate surface area is 144 Å². The van der Waals surface area contributed by atoms with E-state index in [0.29, 0.717) is 25.6 Å². The Morgan fingerprint density at radius 3 is 3.04 bits per heavy atom. The van der Waals surface area contributed by atoms with Crippen molar-refractivity contribution in [2.75, 3.05) is 13.1 Å². The highest BCUT2D eigenvalue weighted by Gasteiger charge is 2.38. The van der Waals surface area contributed by atoms with Crippen molar-refractivity contribution in [2.24, 2.45) is 0 Å². The minimum absolute atomic E-state index is 0.0479. The molecule has 24 heavy (non-hydrogen) atoms. The van der Waals surface area contributed by atoms with Crippen molar-refractivity contribution in [1.29, 1.82) is 0 Å². The van der Waals surface area contributed by atoms with E-state index >= 15 is 0 Å². The molecule has 0 saturated carbocycles. The number of hydrogen-bond donors (Lipinski definition) is 0. The number of hydrogen-bond acceptors (Lipinski definition) is 6. The fourth-order valence-corrected chi connectivity index (χ4v) is 4.41. The summed E-state index contributed by atoms with van der Waals surface area (Å²) in [4.78, 5) is 20.2. The molecule has 0 N–H and O–H groups in total. The zero-order valence-electron chi connectivity index (χ0n) is 14.1. The third kappa shape index (κ3) is 2.53. The van der Waals surface area contributed by atoms with Gasteiger partial charge in [-0.05, 0) is 13.3 Å². The standard InChI is InChI=1S/C16H21N5O2S/c1-9(2)15-18-10(3)14(24-15)16(22)20-5-4-13-12(7-20)21-11(8-23-13)6-17-19-21/h6,9,12-13H,4-5,7-8H2,1-3H3/t12-,13+/m0/s1. The van der Waals surface area contributed by atoms with Crippen LogP contribution in [0.15, 0.2) is 6.20 Å². The molecule has 2 aliphatic heterocycles. The molecule has 2 atom stereocenters. The van der Waals surface area contributed by atoms with Crippen LogP contribution in [-0.2, 0) is 11.3 Å². The zero-order valence-corrected chi connectivity index (χ0v) is 14.9. The summed E-state index contributed by atoms with van der Waals surface area (Å²) in [5, 5.41) is 9.19. The normalized spacial score (nSPS) is 23.2. The Balaban J connectivity index is 1.57. The van der Waals surface area contributed by atoms with E-state index in [2.05, 4.69) is 29.1 Å². The largest absolute Gasteiger partial charge is 0.370 e. The van der Waals surface area contributed by atoms with Crippen LogP contribution >= 0.6 is 11.3 Å². The summed E-state index contributed by atoms with van der Waals surface area (Å²) < 4.78 is 7.83. The highest BCUT2D eigenvalue weighted by molar-refractivity contribution is 7.13. The van der Waals surface area contributed by atoms with Gasteiger partial charge in [0.2, 0.25) is 0 Å². The molecule has 0 unspecified atom stereocenters. The van der Waals surface area contributed by atoms with Crippen LogP contribution in [0.2, 0.25) is 0 Å². The van der Waals surface area contributed by atoms with Gasteiger partial charge in [-0.15, -0.1) is 16.4 Å². The molecular formula is C16H21N5O2S. The molecule has 8 heteroatoms. The Hall–Kier alpha value is -1.80. The third-order valence-electron chi connectivity index (χ3n) is 4.72. The highest BCUT2D eigenvalue weighted by atomic mass is 32.1. The zero-order chi connectivity index (χ0) is 16.8. The maximum Gasteiger partial charge on any atom is 0.265 e. The van der Waals surface area contributed by atoms with Gasteiger partial charge in [-0.3, -0.25) is 4.79 Å². The monoisotopic (exact) mass is 347 g/mol. The Kier molecular flexibility index (Phi) is 3.88. The first kappa shape index (κ1) is 15.7. The second-order valence-electron chi connectivity index (χ2n) is 6.75. The van der Waals surface area contributed by atoms with Crippen LogP contribution in [0.4, 0.5) is 0 Å². The van der Waals surface area contributed by atoms with Gasteiger partial charge in [0, 0.05) is 19.0 Å². The van der Waals surface area contributed by atoms with Crippen molar-refractivity contribution in [3.63, 3.8) is 0 Å². The predicted molar refractivity (Wildman–Crippen MR) is 89.1 cm³/mol. The van der Waals surface area contributed by atoms with Crippen LogP contribution in [0.1, 0.15) is 58.3 Å². The Morgan fingerprint density at radius 1 is 1.46 bits per heavy atom. The van der Waals surface area contributed by atoms with Gasteiger partial charge in [0.25, 0.3) is 5.91 Å². The lowest BCUT2D eigenvalue weighted by atomic mass is 10.00. The van der Waals surface area contributed by atoms with Crippen LogP contribution in [0.25, 0.3) is 0 Å². The Bertz CT molecular complexity index is 768. The number of likely N-dealkylation sites (tertiary alicyclic amines) is 1. The van der Waals surface area contributed by atoms with E-state index in [4.69, 9.17) is 4.74 Å². The number of fused-ring (bicyclic) bond motifs is 3. The molecule has 1 saturated heterocycles. The van der Waals surface area contributed by atoms with E-state index in [-0.39, 0.29) is 18.1 Å². The molecule has 1 fully saturated rings. The number of thiazole rings is 1. The molecule has 4 rings (SSSR count). The van der Waals surface area contributed by atoms with E-state index < -0.39 is 0 Å². The number of nitrogens with zero attached hydrogens (tertiary/aromatic N) is 5. The summed E-state index contributed by atoms with van der Waals surface area (Å²) in [6, 6.07) is 0.0479. The van der Waals surface area contributed by atoms with E-state index in [1.54, 1.807) is 6.20 Å². The average molecular weight is 347 g/mol. The van der Waals surface area contributed by atoms with Crippen LogP contribution in [0.5, 0.6) is 0 Å². The molecule has 4 heterocycles. The topological polar surface area (TPSA) is 73.1 Å². The second-order valence-corrected chi connectivity index (χ2v) is 7.78. The SMILES string of the molecule is Cc1nc(C(C)C)sc1C(=O)N1CC[C@H]2OCc3cnnn3[C@H]2C1. The van der Waals surface area contributed by atoms with Crippen molar-refractivity contribution in [2.45, 2.75) is 51.9 Å². The first-order chi connectivity index (χ1) is 11.5. The lowest BCUT2D eigenvalue weighted by Crippen LogP contribution is -2.49. The van der Waals surface area contributed by atoms with Crippen LogP contribution < -0.4 is 0 Å². The summed E-state index contributed by atoms with van der Waals surface area (Å²) in [5.74, 6) is 0.410. The van der Waals surface area contributed by atoms with E-state index in [9.17, 15) is 4.79 Å². The maximum absolute atomic E-state index is 13.0. The summed E-state index contributed by atoms with van der Waals surface area (Å²) in [6.45, 7) is 7.98. The van der Waals surface area contributed by atoms with Gasteiger partial charge in [0.15, 0.2) is 0 Å². The van der Waals surface area contributed by atoms with Crippen molar-refractivity contribution in [3.05, 3.63) is 27.5 Å². The van der Waals surface area contributed by atoms with Gasteiger partial charge in [-0.1, -0.05) is 19.1 Å². The van der Waals surface area contributed by atoms with Crippen LogP contribution in [-0.4, -0.2) is 50.0 Å². The smallest absolute Gasteiger partial charge is 0.265 e. The molecule has 7 nitrogen and oxygen atoms in total. The minimum atomic E-state index is 0.0479. The maximum atomic E-state index is 13.0. The van der Waals surface area contributed by atoms with Crippen molar-refractivity contribution in [3.8, 4) is 0 Å². The second kappa shape index (κ2) is 5.93. The molecule has 1 amide bonds. The molecule has 0 spiro atoms. The third-order valence-corrected chi connectivity index (χ3v) is 6.16. The first-order valence-electron chi connectivity index (χ1n) is 8.32. The van der Waals surface area contributed by atoms with Gasteiger partial charge in [-0.25, -0.2) is 9.67 Å². The minimum Gasteiger partial charge on any atom is -0.370 e. The van der Waals surface area contributed by atoms with Crippen LogP contribution in [0.3, 0.4) is 0 Å². The number of carbonyl (C=O) groups is 1. The number of amides is 1. The molecule has 2 aromatic rings. The lowest BCUT2D eigenvalue weighted by Gasteiger charge is -2.40. The lowest BCUT2D eigenvalue weighted by molar-refractivity contribution is -0.0604. The van der Waals surface area contributed by atoms with E-state index in [1.807, 2.05) is 16.5 Å². The van der Waals surface area contributed by atoms with Crippen molar-refractivity contribution in [1.82, 2.24) is 24.9 Å². The molecule has 2 aromatic heterocycles. The fourth-order valence-electron chi connectivity index (χ4n) is 3.37. The summed E-state index contributed by atoms with van der Waals surface area (Å²) in [5.41, 5.74) is 1.80. The quantitative estimate of drug-likeness (QED) is 0.832. The highest BCUT2D eigenvalue weighted by Crippen LogP contribution is 2.32. The van der Waals surface area contributed by atoms with Gasteiger partial charge >= 0.3 is 0 Å². The molecule has 0 aliphatic carbocycles. The molecule has 0 bridgehead atoms. The number of rotatable bonds is 2. The number of ether oxygens (including phenoxy) is 1. The van der Waals surface area contributed by atoms with Crippen LogP contribution in [0, 0.1) is 6.92 Å². The summed E-state index contributed by atoms with van der Waals surface area (Å²) >= 11 is 1.52. The molecule has 0 aromatic carbocycles.